The van der Waals surface area contributed by atoms with Crippen LogP contribution in [0.25, 0.3) is 0 Å². The molecule has 0 heterocycles. The van der Waals surface area contributed by atoms with Crippen molar-refractivity contribution in [3.63, 3.8) is 0 Å². The van der Waals surface area contributed by atoms with Gasteiger partial charge in [0.2, 0.25) is 0 Å². The van der Waals surface area contributed by atoms with Crippen molar-refractivity contribution in [1.29, 1.82) is 0 Å². The molecule has 0 aliphatic rings. The van der Waals surface area contributed by atoms with E-state index in [0.717, 1.165) is 16.7 Å². The van der Waals surface area contributed by atoms with E-state index in [4.69, 9.17) is 0 Å². The Morgan fingerprint density at radius 2 is 1.48 bits per heavy atom. The van der Waals surface area contributed by atoms with E-state index in [1.165, 1.54) is 16.7 Å². The lowest BCUT2D eigenvalue weighted by atomic mass is 9.89. The van der Waals surface area contributed by atoms with Crippen molar-refractivity contribution in [1.82, 2.24) is 5.32 Å². The van der Waals surface area contributed by atoms with Gasteiger partial charge in [0.15, 0.2) is 0 Å². The standard InChI is InChI=1S/C17H27NO2S/c1-9-10(2)12(4)16(13(5)11(9)3)17(20)18-14(6)15(8-19)21-7/h14-15,19H,8H2,1-7H3,(H,18,20). The molecule has 1 amide bonds. The Labute approximate surface area is 132 Å². The maximum Gasteiger partial charge on any atom is 0.252 e. The summed E-state index contributed by atoms with van der Waals surface area (Å²) in [5.41, 5.74) is 6.49. The number of benzene rings is 1. The summed E-state index contributed by atoms with van der Waals surface area (Å²) < 4.78 is 0. The fourth-order valence-electron chi connectivity index (χ4n) is 2.65. The lowest BCUT2D eigenvalue weighted by Crippen LogP contribution is -2.41. The molecule has 1 aromatic rings. The largest absolute Gasteiger partial charge is 0.395 e. The molecule has 21 heavy (non-hydrogen) atoms. The zero-order valence-corrected chi connectivity index (χ0v) is 14.9. The molecule has 3 nitrogen and oxygen atoms in total. The SMILES string of the molecule is CSC(CO)C(C)NC(=O)c1c(C)c(C)c(C)c(C)c1C. The normalized spacial score (nSPS) is 13.9. The Bertz CT molecular complexity index is 507. The van der Waals surface area contributed by atoms with Crippen LogP contribution in [0.5, 0.6) is 0 Å². The van der Waals surface area contributed by atoms with Gasteiger partial charge in [-0.25, -0.2) is 0 Å². The van der Waals surface area contributed by atoms with Crippen LogP contribution >= 0.6 is 11.8 Å². The van der Waals surface area contributed by atoms with Gasteiger partial charge in [-0.05, 0) is 75.6 Å². The van der Waals surface area contributed by atoms with Crippen molar-refractivity contribution in [2.45, 2.75) is 52.8 Å². The third-order valence-electron chi connectivity index (χ3n) is 4.63. The molecule has 2 atom stereocenters. The molecule has 0 saturated heterocycles. The molecule has 0 bridgehead atoms. The molecule has 0 aliphatic carbocycles. The van der Waals surface area contributed by atoms with Crippen LogP contribution in [0.1, 0.15) is 45.1 Å². The Kier molecular flexibility index (Phi) is 6.29. The quantitative estimate of drug-likeness (QED) is 0.879. The number of carbonyl (C=O) groups is 1. The van der Waals surface area contributed by atoms with Crippen molar-refractivity contribution in [2.75, 3.05) is 12.9 Å². The highest BCUT2D eigenvalue weighted by Crippen LogP contribution is 2.26. The first-order chi connectivity index (χ1) is 9.76. The van der Waals surface area contributed by atoms with Gasteiger partial charge >= 0.3 is 0 Å². The average molecular weight is 309 g/mol. The van der Waals surface area contributed by atoms with Crippen molar-refractivity contribution < 1.29 is 9.90 Å². The van der Waals surface area contributed by atoms with Crippen LogP contribution in [0.2, 0.25) is 0 Å². The van der Waals surface area contributed by atoms with E-state index in [0.29, 0.717) is 0 Å². The minimum Gasteiger partial charge on any atom is -0.395 e. The van der Waals surface area contributed by atoms with Crippen LogP contribution in [0.15, 0.2) is 0 Å². The second kappa shape index (κ2) is 7.32. The molecule has 2 unspecified atom stereocenters. The Morgan fingerprint density at radius 1 is 1.05 bits per heavy atom. The van der Waals surface area contributed by atoms with E-state index in [1.807, 2.05) is 27.0 Å². The monoisotopic (exact) mass is 309 g/mol. The molecule has 0 radical (unpaired) electrons. The van der Waals surface area contributed by atoms with Gasteiger partial charge in [-0.3, -0.25) is 4.79 Å². The van der Waals surface area contributed by atoms with Crippen molar-refractivity contribution in [2.24, 2.45) is 0 Å². The predicted octanol–water partition coefficient (Wildman–Crippen LogP) is 3.07. The van der Waals surface area contributed by atoms with Crippen LogP contribution in [-0.2, 0) is 0 Å². The highest BCUT2D eigenvalue weighted by atomic mass is 32.2. The van der Waals surface area contributed by atoms with Crippen molar-refractivity contribution in [3.8, 4) is 0 Å². The van der Waals surface area contributed by atoms with Gasteiger partial charge in [-0.15, -0.1) is 0 Å². The first kappa shape index (κ1) is 18.1. The van der Waals surface area contributed by atoms with Gasteiger partial charge in [-0.1, -0.05) is 0 Å². The number of rotatable bonds is 5. The van der Waals surface area contributed by atoms with Gasteiger partial charge in [0.25, 0.3) is 5.91 Å². The van der Waals surface area contributed by atoms with Gasteiger partial charge in [0.1, 0.15) is 0 Å². The van der Waals surface area contributed by atoms with E-state index in [-0.39, 0.29) is 23.8 Å². The highest BCUT2D eigenvalue weighted by molar-refractivity contribution is 7.99. The molecule has 0 fully saturated rings. The molecule has 1 rings (SSSR count). The van der Waals surface area contributed by atoms with E-state index in [1.54, 1.807) is 11.8 Å². The molecule has 0 saturated carbocycles. The van der Waals surface area contributed by atoms with E-state index in [9.17, 15) is 9.90 Å². The molecular formula is C17H27NO2S. The number of thioether (sulfide) groups is 1. The molecular weight excluding hydrogens is 282 g/mol. The second-order valence-corrected chi connectivity index (χ2v) is 6.80. The topological polar surface area (TPSA) is 49.3 Å². The lowest BCUT2D eigenvalue weighted by molar-refractivity contribution is 0.0934. The average Bonchev–Trinajstić information content (AvgIpc) is 2.44. The predicted molar refractivity (Wildman–Crippen MR) is 91.4 cm³/mol. The fourth-order valence-corrected chi connectivity index (χ4v) is 3.27. The van der Waals surface area contributed by atoms with Crippen molar-refractivity contribution >= 4 is 17.7 Å². The first-order valence-electron chi connectivity index (χ1n) is 7.27. The summed E-state index contributed by atoms with van der Waals surface area (Å²) >= 11 is 1.57. The summed E-state index contributed by atoms with van der Waals surface area (Å²) in [6.07, 6.45) is 1.94. The van der Waals surface area contributed by atoms with Crippen LogP contribution in [0, 0.1) is 34.6 Å². The van der Waals surface area contributed by atoms with E-state index >= 15 is 0 Å². The third-order valence-corrected chi connectivity index (χ3v) is 5.79. The number of carbonyl (C=O) groups excluding carboxylic acids is 1. The van der Waals surface area contributed by atoms with E-state index < -0.39 is 0 Å². The van der Waals surface area contributed by atoms with Crippen LogP contribution in [-0.4, -0.2) is 35.2 Å². The van der Waals surface area contributed by atoms with Gasteiger partial charge in [-0.2, -0.15) is 11.8 Å². The summed E-state index contributed by atoms with van der Waals surface area (Å²) in [6.45, 7) is 12.2. The number of aliphatic hydroxyl groups is 1. The summed E-state index contributed by atoms with van der Waals surface area (Å²) in [4.78, 5) is 12.6. The smallest absolute Gasteiger partial charge is 0.252 e. The van der Waals surface area contributed by atoms with Crippen LogP contribution < -0.4 is 5.32 Å². The van der Waals surface area contributed by atoms with Crippen molar-refractivity contribution in [3.05, 3.63) is 33.4 Å². The first-order valence-corrected chi connectivity index (χ1v) is 8.56. The number of nitrogens with one attached hydrogen (secondary N) is 1. The zero-order valence-electron chi connectivity index (χ0n) is 14.1. The number of hydrogen-bond acceptors (Lipinski definition) is 3. The zero-order chi connectivity index (χ0) is 16.3. The molecule has 0 aromatic heterocycles. The molecule has 2 N–H and O–H groups in total. The summed E-state index contributed by atoms with van der Waals surface area (Å²) in [5, 5.41) is 12.4. The molecule has 118 valence electrons. The minimum atomic E-state index is -0.0711. The second-order valence-electron chi connectivity index (χ2n) is 5.72. The number of amides is 1. The molecule has 4 heteroatoms. The Balaban J connectivity index is 3.15. The van der Waals surface area contributed by atoms with Gasteiger partial charge in [0.05, 0.1) is 6.61 Å². The third kappa shape index (κ3) is 3.61. The molecule has 0 aliphatic heterocycles. The minimum absolute atomic E-state index is 0.0159. The van der Waals surface area contributed by atoms with Crippen LogP contribution in [0.4, 0.5) is 0 Å². The maximum atomic E-state index is 12.6. The lowest BCUT2D eigenvalue weighted by Gasteiger charge is -2.24. The maximum absolute atomic E-state index is 12.6. The summed E-state index contributed by atoms with van der Waals surface area (Å²) in [7, 11) is 0. The summed E-state index contributed by atoms with van der Waals surface area (Å²) in [6, 6.07) is -0.0711. The Hall–Kier alpha value is -1.00. The van der Waals surface area contributed by atoms with E-state index in [2.05, 4.69) is 26.1 Å². The van der Waals surface area contributed by atoms with Gasteiger partial charge < -0.3 is 10.4 Å². The van der Waals surface area contributed by atoms with Crippen LogP contribution in [0.3, 0.4) is 0 Å². The number of aliphatic hydroxyl groups excluding tert-OH is 1. The summed E-state index contributed by atoms with van der Waals surface area (Å²) in [5.74, 6) is -0.0452. The molecule has 1 aromatic carbocycles. The van der Waals surface area contributed by atoms with Gasteiger partial charge in [0, 0.05) is 16.9 Å². The highest BCUT2D eigenvalue weighted by Gasteiger charge is 2.22. The molecule has 0 spiro atoms. The Morgan fingerprint density at radius 3 is 1.86 bits per heavy atom. The fraction of sp³-hybridized carbons (Fsp3) is 0.588. The number of hydrogen-bond donors (Lipinski definition) is 2.